The summed E-state index contributed by atoms with van der Waals surface area (Å²) in [4.78, 5) is 14.0. The Bertz CT molecular complexity index is 1300. The van der Waals surface area contributed by atoms with Crippen molar-refractivity contribution in [3.63, 3.8) is 0 Å². The van der Waals surface area contributed by atoms with Crippen LogP contribution in [0.5, 0.6) is 5.75 Å². The molecule has 1 aromatic heterocycles. The van der Waals surface area contributed by atoms with Crippen molar-refractivity contribution in [2.24, 2.45) is 0 Å². The molecule has 0 unspecified atom stereocenters. The number of hydrogen-bond acceptors (Lipinski definition) is 6. The minimum Gasteiger partial charge on any atom is -0.497 e. The number of methoxy groups -OCH3 is 1. The number of aromatic amines is 1. The molecule has 3 rings (SSSR count). The van der Waals surface area contributed by atoms with Crippen LogP contribution in [0.15, 0.2) is 69.7 Å². The number of para-hydroxylation sites is 1. The predicted molar refractivity (Wildman–Crippen MR) is 108 cm³/mol. The number of nitrogens with one attached hydrogen (secondary N) is 1. The van der Waals surface area contributed by atoms with Gasteiger partial charge in [0.2, 0.25) is 0 Å². The van der Waals surface area contributed by atoms with Crippen LogP contribution < -0.4 is 10.3 Å². The number of aromatic nitrogens is 1. The van der Waals surface area contributed by atoms with Crippen LogP contribution in [0, 0.1) is 0 Å². The Morgan fingerprint density at radius 1 is 1.00 bits per heavy atom. The Kier molecular flexibility index (Phi) is 5.39. The molecule has 0 aliphatic rings. The molecule has 2 aromatic carbocycles. The Morgan fingerprint density at radius 2 is 1.68 bits per heavy atom. The van der Waals surface area contributed by atoms with E-state index in [1.807, 2.05) is 0 Å². The van der Waals surface area contributed by atoms with Crippen LogP contribution in [0.4, 0.5) is 0 Å². The van der Waals surface area contributed by atoms with Gasteiger partial charge in [-0.25, -0.2) is 16.8 Å². The van der Waals surface area contributed by atoms with Crippen molar-refractivity contribution < 1.29 is 21.6 Å². The molecule has 0 aliphatic carbocycles. The normalized spacial score (nSPS) is 12.5. The van der Waals surface area contributed by atoms with Gasteiger partial charge in [0, 0.05) is 10.9 Å². The highest BCUT2D eigenvalue weighted by atomic mass is 32.3. The lowest BCUT2D eigenvalue weighted by Gasteiger charge is -2.05. The van der Waals surface area contributed by atoms with E-state index in [-0.39, 0.29) is 0 Å². The molecule has 0 amide bonds. The Balaban J connectivity index is 1.89. The monoisotopic (exact) mass is 419 g/mol. The molecule has 3 aromatic rings. The van der Waals surface area contributed by atoms with Crippen molar-refractivity contribution in [3.8, 4) is 5.75 Å². The van der Waals surface area contributed by atoms with Gasteiger partial charge in [-0.3, -0.25) is 4.79 Å². The fourth-order valence-corrected chi connectivity index (χ4v) is 6.13. The number of rotatable bonds is 6. The van der Waals surface area contributed by atoms with E-state index < -0.39 is 35.2 Å². The number of H-pyrrole nitrogens is 1. The van der Waals surface area contributed by atoms with E-state index in [9.17, 15) is 21.6 Å². The van der Waals surface area contributed by atoms with Crippen molar-refractivity contribution in [2.75, 3.05) is 12.2 Å². The van der Waals surface area contributed by atoms with Crippen molar-refractivity contribution >= 4 is 36.7 Å². The first-order valence-electron chi connectivity index (χ1n) is 8.10. The molecule has 1 heterocycles. The summed E-state index contributed by atoms with van der Waals surface area (Å²) in [5.74, 6) is 0.609. The van der Waals surface area contributed by atoms with E-state index >= 15 is 0 Å². The first-order valence-corrected chi connectivity index (χ1v) is 11.5. The highest BCUT2D eigenvalue weighted by Crippen LogP contribution is 2.17. The maximum absolute atomic E-state index is 12.6. The van der Waals surface area contributed by atoms with Crippen molar-refractivity contribution in [1.29, 1.82) is 0 Å². The second-order valence-electron chi connectivity index (χ2n) is 6.02. The molecule has 0 fully saturated rings. The van der Waals surface area contributed by atoms with Crippen LogP contribution in [0.2, 0.25) is 0 Å². The summed E-state index contributed by atoms with van der Waals surface area (Å²) in [6.45, 7) is 0. The fourth-order valence-electron chi connectivity index (χ4n) is 2.57. The SMILES string of the molecule is COc1ccc(C=CS(=O)(=O)CS(=O)(=O)c2cc3ccccc3[nH]c2=O)cc1. The van der Waals surface area contributed by atoms with E-state index in [1.165, 1.54) is 19.3 Å². The fraction of sp³-hybridized carbons (Fsp3) is 0.105. The van der Waals surface area contributed by atoms with Gasteiger partial charge in [0.05, 0.1) is 7.11 Å². The lowest BCUT2D eigenvalue weighted by molar-refractivity contribution is 0.415. The molecule has 0 aliphatic heterocycles. The average Bonchev–Trinajstić information content (AvgIpc) is 2.65. The van der Waals surface area contributed by atoms with Gasteiger partial charge < -0.3 is 9.72 Å². The lowest BCUT2D eigenvalue weighted by atomic mass is 10.2. The molecule has 0 saturated heterocycles. The molecule has 9 heteroatoms. The maximum atomic E-state index is 12.6. The summed E-state index contributed by atoms with van der Waals surface area (Å²) < 4.78 is 54.7. The zero-order valence-corrected chi connectivity index (χ0v) is 16.5. The molecule has 0 radical (unpaired) electrons. The standard InChI is InChI=1S/C19H17NO6S2/c1-26-16-8-6-14(7-9-16)10-11-27(22,23)13-28(24,25)18-12-15-4-2-3-5-17(15)20-19(18)21/h2-12H,13H2,1H3,(H,20,21). The number of fused-ring (bicyclic) bond motifs is 1. The minimum atomic E-state index is -4.36. The molecule has 0 spiro atoms. The number of hydrogen-bond donors (Lipinski definition) is 1. The maximum Gasteiger partial charge on any atom is 0.267 e. The summed E-state index contributed by atoms with van der Waals surface area (Å²) in [6.07, 6.45) is 1.29. The first-order chi connectivity index (χ1) is 13.2. The van der Waals surface area contributed by atoms with E-state index in [0.29, 0.717) is 22.2 Å². The van der Waals surface area contributed by atoms with Gasteiger partial charge in [-0.15, -0.1) is 0 Å². The van der Waals surface area contributed by atoms with Crippen LogP contribution in [0.1, 0.15) is 5.56 Å². The second kappa shape index (κ2) is 7.61. The number of benzene rings is 2. The first kappa shape index (κ1) is 19.8. The second-order valence-corrected chi connectivity index (χ2v) is 10.2. The summed E-state index contributed by atoms with van der Waals surface area (Å²) in [5.41, 5.74) is 0.173. The van der Waals surface area contributed by atoms with E-state index in [1.54, 1.807) is 48.5 Å². The van der Waals surface area contributed by atoms with Gasteiger partial charge in [-0.05, 0) is 41.3 Å². The van der Waals surface area contributed by atoms with Crippen LogP contribution in [0.25, 0.3) is 17.0 Å². The smallest absolute Gasteiger partial charge is 0.267 e. The highest BCUT2D eigenvalue weighted by Gasteiger charge is 2.25. The van der Waals surface area contributed by atoms with Gasteiger partial charge in [-0.1, -0.05) is 30.3 Å². The summed E-state index contributed by atoms with van der Waals surface area (Å²) in [6, 6.07) is 14.4. The summed E-state index contributed by atoms with van der Waals surface area (Å²) >= 11 is 0. The molecule has 28 heavy (non-hydrogen) atoms. The van der Waals surface area contributed by atoms with E-state index in [0.717, 1.165) is 5.41 Å². The molecule has 1 N–H and O–H groups in total. The zero-order chi connectivity index (χ0) is 20.4. The summed E-state index contributed by atoms with van der Waals surface area (Å²) in [5, 5.41) is 0.113. The van der Waals surface area contributed by atoms with Crippen molar-refractivity contribution in [2.45, 2.75) is 4.90 Å². The van der Waals surface area contributed by atoms with Gasteiger partial charge in [0.1, 0.15) is 10.6 Å². The van der Waals surface area contributed by atoms with Gasteiger partial charge in [0.25, 0.3) is 5.56 Å². The minimum absolute atomic E-state index is 0.466. The number of sulfone groups is 2. The highest BCUT2D eigenvalue weighted by molar-refractivity contribution is 8.09. The topological polar surface area (TPSA) is 110 Å². The third-order valence-corrected chi connectivity index (χ3v) is 8.04. The molecule has 0 atom stereocenters. The molecular weight excluding hydrogens is 402 g/mol. The molecule has 0 saturated carbocycles. The Morgan fingerprint density at radius 3 is 2.36 bits per heavy atom. The quantitative estimate of drug-likeness (QED) is 0.657. The zero-order valence-electron chi connectivity index (χ0n) is 14.8. The lowest BCUT2D eigenvalue weighted by Crippen LogP contribution is -2.22. The van der Waals surface area contributed by atoms with Crippen LogP contribution in [-0.4, -0.2) is 34.0 Å². The van der Waals surface area contributed by atoms with Crippen molar-refractivity contribution in [1.82, 2.24) is 4.98 Å². The van der Waals surface area contributed by atoms with Crippen LogP contribution in [-0.2, 0) is 19.7 Å². The third-order valence-electron chi connectivity index (χ3n) is 3.96. The van der Waals surface area contributed by atoms with Crippen molar-refractivity contribution in [3.05, 3.63) is 75.9 Å². The largest absolute Gasteiger partial charge is 0.497 e. The van der Waals surface area contributed by atoms with E-state index in [2.05, 4.69) is 4.98 Å². The number of ether oxygens (including phenoxy) is 1. The molecule has 7 nitrogen and oxygen atoms in total. The number of pyridine rings is 1. The van der Waals surface area contributed by atoms with Crippen LogP contribution >= 0.6 is 0 Å². The third kappa shape index (κ3) is 4.49. The predicted octanol–water partition coefficient (Wildman–Crippen LogP) is 2.35. The van der Waals surface area contributed by atoms with Crippen LogP contribution in [0.3, 0.4) is 0 Å². The van der Waals surface area contributed by atoms with Gasteiger partial charge in [-0.2, -0.15) is 0 Å². The molecule has 146 valence electrons. The Hall–Kier alpha value is -2.91. The average molecular weight is 419 g/mol. The van der Waals surface area contributed by atoms with Gasteiger partial charge in [0.15, 0.2) is 24.8 Å². The summed E-state index contributed by atoms with van der Waals surface area (Å²) in [7, 11) is -6.97. The molecule has 0 bridgehead atoms. The van der Waals surface area contributed by atoms with E-state index in [4.69, 9.17) is 4.74 Å². The Labute approximate surface area is 162 Å². The van der Waals surface area contributed by atoms with Gasteiger partial charge >= 0.3 is 0 Å². The molecular formula is C19H17NO6S2.